The number of aromatic nitrogens is 4. The highest BCUT2D eigenvalue weighted by Crippen LogP contribution is 2.14. The molecule has 1 aliphatic heterocycles. The zero-order valence-electron chi connectivity index (χ0n) is 15.0. The summed E-state index contributed by atoms with van der Waals surface area (Å²) in [6.45, 7) is 9.59. The minimum absolute atomic E-state index is 0.0111. The van der Waals surface area contributed by atoms with Crippen LogP contribution in [0.25, 0.3) is 0 Å². The third kappa shape index (κ3) is 4.01. The number of carbonyl (C=O) groups excluding carboxylic acids is 1. The van der Waals surface area contributed by atoms with Gasteiger partial charge in [-0.2, -0.15) is 4.98 Å². The summed E-state index contributed by atoms with van der Waals surface area (Å²) in [6, 6.07) is 0. The van der Waals surface area contributed by atoms with E-state index in [-0.39, 0.29) is 11.8 Å². The minimum Gasteiger partial charge on any atom is -0.338 e. The Hall–Kier alpha value is -2.35. The number of piperazine rings is 1. The van der Waals surface area contributed by atoms with Crippen LogP contribution in [0.4, 0.5) is 0 Å². The summed E-state index contributed by atoms with van der Waals surface area (Å²) in [4.78, 5) is 29.4. The molecule has 0 N–H and O–H groups in total. The van der Waals surface area contributed by atoms with E-state index >= 15 is 0 Å². The molecule has 25 heavy (non-hydrogen) atoms. The molecular formula is C17H24N6O2. The first-order valence-electron chi connectivity index (χ1n) is 8.71. The lowest BCUT2D eigenvalue weighted by atomic mass is 10.1. The molecule has 134 valence electrons. The van der Waals surface area contributed by atoms with Crippen molar-refractivity contribution in [3.05, 3.63) is 35.5 Å². The third-order valence-electron chi connectivity index (χ3n) is 4.38. The lowest BCUT2D eigenvalue weighted by Gasteiger charge is -2.34. The average molecular weight is 344 g/mol. The van der Waals surface area contributed by atoms with Crippen molar-refractivity contribution in [2.24, 2.45) is 0 Å². The van der Waals surface area contributed by atoms with Gasteiger partial charge in [0, 0.05) is 38.3 Å². The van der Waals surface area contributed by atoms with Crippen LogP contribution in [0.3, 0.4) is 0 Å². The van der Waals surface area contributed by atoms with E-state index in [1.165, 1.54) is 6.33 Å². The van der Waals surface area contributed by atoms with Gasteiger partial charge in [0.15, 0.2) is 5.82 Å². The van der Waals surface area contributed by atoms with Crippen LogP contribution < -0.4 is 0 Å². The molecule has 0 saturated carbocycles. The first-order chi connectivity index (χ1) is 12.1. The molecule has 0 unspecified atom stereocenters. The monoisotopic (exact) mass is 344 g/mol. The topological polar surface area (TPSA) is 88.3 Å². The molecule has 1 aliphatic rings. The Morgan fingerprint density at radius 2 is 2.04 bits per heavy atom. The number of hydrogen-bond donors (Lipinski definition) is 0. The molecule has 8 heteroatoms. The maximum atomic E-state index is 12.7. The van der Waals surface area contributed by atoms with Crippen molar-refractivity contribution in [1.29, 1.82) is 0 Å². The predicted octanol–water partition coefficient (Wildman–Crippen LogP) is 1.50. The summed E-state index contributed by atoms with van der Waals surface area (Å²) in [5.41, 5.74) is 1.41. The molecule has 3 heterocycles. The SMILES string of the molecule is CCc1ncncc1C(=O)N1CCN(Cc2nc(C(C)C)no2)CC1. The Bertz CT molecular complexity index is 721. The third-order valence-corrected chi connectivity index (χ3v) is 4.38. The van der Waals surface area contributed by atoms with Gasteiger partial charge < -0.3 is 9.42 Å². The molecule has 8 nitrogen and oxygen atoms in total. The van der Waals surface area contributed by atoms with Crippen LogP contribution in [0.5, 0.6) is 0 Å². The van der Waals surface area contributed by atoms with E-state index in [0.717, 1.165) is 31.0 Å². The van der Waals surface area contributed by atoms with Gasteiger partial charge >= 0.3 is 0 Å². The average Bonchev–Trinajstić information content (AvgIpc) is 3.10. The van der Waals surface area contributed by atoms with Gasteiger partial charge in [0.05, 0.1) is 17.8 Å². The van der Waals surface area contributed by atoms with E-state index in [0.29, 0.717) is 31.1 Å². The number of aryl methyl sites for hydroxylation is 1. The lowest BCUT2D eigenvalue weighted by Crippen LogP contribution is -2.48. The molecule has 0 radical (unpaired) electrons. The summed E-state index contributed by atoms with van der Waals surface area (Å²) < 4.78 is 5.30. The molecule has 0 bridgehead atoms. The summed E-state index contributed by atoms with van der Waals surface area (Å²) in [6.07, 6.45) is 3.83. The molecule has 0 aromatic carbocycles. The Morgan fingerprint density at radius 3 is 2.68 bits per heavy atom. The fourth-order valence-electron chi connectivity index (χ4n) is 2.85. The fraction of sp³-hybridized carbons (Fsp3) is 0.588. The maximum Gasteiger partial charge on any atom is 0.257 e. The number of nitrogens with zero attached hydrogens (tertiary/aromatic N) is 6. The van der Waals surface area contributed by atoms with Crippen LogP contribution in [-0.2, 0) is 13.0 Å². The van der Waals surface area contributed by atoms with E-state index < -0.39 is 0 Å². The number of rotatable bonds is 5. The lowest BCUT2D eigenvalue weighted by molar-refractivity contribution is 0.0613. The van der Waals surface area contributed by atoms with Crippen molar-refractivity contribution in [2.75, 3.05) is 26.2 Å². The van der Waals surface area contributed by atoms with E-state index in [4.69, 9.17) is 4.52 Å². The molecule has 0 aliphatic carbocycles. The van der Waals surface area contributed by atoms with E-state index in [1.54, 1.807) is 6.20 Å². The Balaban J connectivity index is 1.57. The molecule has 0 atom stereocenters. The summed E-state index contributed by atoms with van der Waals surface area (Å²) in [7, 11) is 0. The Labute approximate surface area is 147 Å². The van der Waals surface area contributed by atoms with Gasteiger partial charge in [-0.1, -0.05) is 25.9 Å². The van der Waals surface area contributed by atoms with Gasteiger partial charge in [-0.05, 0) is 6.42 Å². The molecule has 1 fully saturated rings. The Morgan fingerprint density at radius 1 is 1.28 bits per heavy atom. The normalized spacial score (nSPS) is 15.8. The van der Waals surface area contributed by atoms with Crippen LogP contribution in [0.1, 0.15) is 54.5 Å². The standard InChI is InChI=1S/C17H24N6O2/c1-4-14-13(9-18-11-19-14)17(24)23-7-5-22(6-8-23)10-15-20-16(12(2)3)21-25-15/h9,11-12H,4-8,10H2,1-3H3. The van der Waals surface area contributed by atoms with Crippen LogP contribution in [-0.4, -0.2) is 62.0 Å². The molecular weight excluding hydrogens is 320 g/mol. The molecule has 0 spiro atoms. The van der Waals surface area contributed by atoms with Crippen molar-refractivity contribution < 1.29 is 9.32 Å². The van der Waals surface area contributed by atoms with Gasteiger partial charge in [0.2, 0.25) is 5.89 Å². The second-order valence-corrected chi connectivity index (χ2v) is 6.51. The Kier molecular flexibility index (Phi) is 5.37. The predicted molar refractivity (Wildman–Crippen MR) is 91.0 cm³/mol. The summed E-state index contributed by atoms with van der Waals surface area (Å²) >= 11 is 0. The maximum absolute atomic E-state index is 12.7. The van der Waals surface area contributed by atoms with Crippen LogP contribution in [0, 0.1) is 0 Å². The molecule has 2 aromatic heterocycles. The first-order valence-corrected chi connectivity index (χ1v) is 8.71. The van der Waals surface area contributed by atoms with E-state index in [1.807, 2.05) is 25.7 Å². The second-order valence-electron chi connectivity index (χ2n) is 6.51. The van der Waals surface area contributed by atoms with Crippen molar-refractivity contribution in [3.8, 4) is 0 Å². The van der Waals surface area contributed by atoms with Gasteiger partial charge in [-0.3, -0.25) is 9.69 Å². The fourth-order valence-corrected chi connectivity index (χ4v) is 2.85. The molecule has 1 saturated heterocycles. The van der Waals surface area contributed by atoms with Crippen LogP contribution >= 0.6 is 0 Å². The van der Waals surface area contributed by atoms with Gasteiger partial charge in [-0.15, -0.1) is 0 Å². The quantitative estimate of drug-likeness (QED) is 0.812. The molecule has 3 rings (SSSR count). The first kappa shape index (κ1) is 17.5. The summed E-state index contributed by atoms with van der Waals surface area (Å²) in [5.74, 6) is 1.64. The minimum atomic E-state index is 0.0111. The van der Waals surface area contributed by atoms with Crippen molar-refractivity contribution >= 4 is 5.91 Å². The van der Waals surface area contributed by atoms with Crippen molar-refractivity contribution in [2.45, 2.75) is 39.7 Å². The number of hydrogen-bond acceptors (Lipinski definition) is 7. The van der Waals surface area contributed by atoms with Gasteiger partial charge in [0.1, 0.15) is 6.33 Å². The van der Waals surface area contributed by atoms with Gasteiger partial charge in [-0.25, -0.2) is 9.97 Å². The number of carbonyl (C=O) groups is 1. The highest BCUT2D eigenvalue weighted by Gasteiger charge is 2.25. The van der Waals surface area contributed by atoms with Crippen LogP contribution in [0.15, 0.2) is 17.0 Å². The number of amides is 1. The summed E-state index contributed by atoms with van der Waals surface area (Å²) in [5, 5.41) is 3.99. The van der Waals surface area contributed by atoms with Crippen molar-refractivity contribution in [3.63, 3.8) is 0 Å². The molecule has 2 aromatic rings. The van der Waals surface area contributed by atoms with Crippen LogP contribution in [0.2, 0.25) is 0 Å². The zero-order chi connectivity index (χ0) is 17.8. The highest BCUT2D eigenvalue weighted by atomic mass is 16.5. The zero-order valence-corrected chi connectivity index (χ0v) is 15.0. The molecule has 1 amide bonds. The second kappa shape index (κ2) is 7.69. The smallest absolute Gasteiger partial charge is 0.257 e. The highest BCUT2D eigenvalue weighted by molar-refractivity contribution is 5.95. The van der Waals surface area contributed by atoms with Crippen molar-refractivity contribution in [1.82, 2.24) is 29.9 Å². The van der Waals surface area contributed by atoms with Gasteiger partial charge in [0.25, 0.3) is 5.91 Å². The largest absolute Gasteiger partial charge is 0.338 e. The van der Waals surface area contributed by atoms with E-state index in [2.05, 4.69) is 25.0 Å². The van der Waals surface area contributed by atoms with E-state index in [9.17, 15) is 4.79 Å².